The summed E-state index contributed by atoms with van der Waals surface area (Å²) in [4.78, 5) is 36.7. The second-order valence-electron chi connectivity index (χ2n) is 7.08. The number of benzene rings is 2. The average Bonchev–Trinajstić information content (AvgIpc) is 3.19. The van der Waals surface area contributed by atoms with E-state index in [2.05, 4.69) is 10.6 Å². The summed E-state index contributed by atoms with van der Waals surface area (Å²) in [5.41, 5.74) is 4.05. The van der Waals surface area contributed by atoms with Gasteiger partial charge >= 0.3 is 12.1 Å². The smallest absolute Gasteiger partial charge is 0.408 e. The fraction of sp³-hybridized carbons (Fsp3) is 0.292. The lowest BCUT2D eigenvalue weighted by atomic mass is 9.99. The summed E-state index contributed by atoms with van der Waals surface area (Å²) in [6.07, 6.45) is 2.41. The Kier molecular flexibility index (Phi) is 7.81. The van der Waals surface area contributed by atoms with Gasteiger partial charge in [-0.05, 0) is 35.6 Å². The van der Waals surface area contributed by atoms with E-state index in [1.807, 2.05) is 60.7 Å². The van der Waals surface area contributed by atoms with Gasteiger partial charge in [-0.3, -0.25) is 9.59 Å². The summed E-state index contributed by atoms with van der Waals surface area (Å²) in [6.45, 7) is 1.75. The fourth-order valence-electron chi connectivity index (χ4n) is 3.38. The molecule has 2 aromatic rings. The van der Waals surface area contributed by atoms with Gasteiger partial charge in [-0.15, -0.1) is 0 Å². The lowest BCUT2D eigenvalue weighted by Gasteiger charge is -2.19. The van der Waals surface area contributed by atoms with E-state index in [9.17, 15) is 14.4 Å². The molecule has 162 valence electrons. The van der Waals surface area contributed by atoms with Gasteiger partial charge in [0.1, 0.15) is 19.2 Å². The van der Waals surface area contributed by atoms with Crippen LogP contribution in [0.1, 0.15) is 30.0 Å². The first-order valence-corrected chi connectivity index (χ1v) is 10.2. The third-order valence-corrected chi connectivity index (χ3v) is 4.89. The van der Waals surface area contributed by atoms with Crippen LogP contribution < -0.4 is 10.6 Å². The van der Waals surface area contributed by atoms with Gasteiger partial charge in [0, 0.05) is 6.42 Å². The Labute approximate surface area is 181 Å². The van der Waals surface area contributed by atoms with Crippen molar-refractivity contribution in [1.29, 1.82) is 0 Å². The SMILES string of the molecule is CCOC(=O)CNC(=O)[C@H](CC1=CCc2ccccc21)NC(=O)OCc1ccccc1. The number of carbonyl (C=O) groups is 3. The minimum atomic E-state index is -0.893. The average molecular weight is 422 g/mol. The molecule has 0 radical (unpaired) electrons. The number of hydrogen-bond acceptors (Lipinski definition) is 5. The quantitative estimate of drug-likeness (QED) is 0.606. The Hall–Kier alpha value is -3.61. The van der Waals surface area contributed by atoms with E-state index < -0.39 is 24.0 Å². The van der Waals surface area contributed by atoms with Gasteiger partial charge in [0.2, 0.25) is 5.91 Å². The largest absolute Gasteiger partial charge is 0.465 e. The highest BCUT2D eigenvalue weighted by atomic mass is 16.5. The van der Waals surface area contributed by atoms with Crippen molar-refractivity contribution in [2.45, 2.75) is 32.4 Å². The van der Waals surface area contributed by atoms with Crippen LogP contribution in [0.3, 0.4) is 0 Å². The van der Waals surface area contributed by atoms with Gasteiger partial charge < -0.3 is 20.1 Å². The molecule has 2 aromatic carbocycles. The maximum Gasteiger partial charge on any atom is 0.408 e. The van der Waals surface area contributed by atoms with Gasteiger partial charge in [0.15, 0.2) is 0 Å². The number of amides is 2. The standard InChI is InChI=1S/C24H26N2O5/c1-2-30-22(27)15-25-23(28)21(14-19-13-12-18-10-6-7-11-20(18)19)26-24(29)31-16-17-8-4-3-5-9-17/h3-11,13,21H,2,12,14-16H2,1H3,(H,25,28)(H,26,29)/t21-/m0/s1. The Bertz CT molecular complexity index is 955. The maximum absolute atomic E-state index is 12.7. The van der Waals surface area contributed by atoms with Crippen LogP contribution in [-0.2, 0) is 32.1 Å². The van der Waals surface area contributed by atoms with Crippen molar-refractivity contribution in [3.05, 3.63) is 77.4 Å². The van der Waals surface area contributed by atoms with E-state index in [-0.39, 0.29) is 26.2 Å². The van der Waals surface area contributed by atoms with E-state index in [0.717, 1.165) is 23.1 Å². The van der Waals surface area contributed by atoms with Crippen molar-refractivity contribution >= 4 is 23.5 Å². The van der Waals surface area contributed by atoms with Gasteiger partial charge in [0.05, 0.1) is 6.61 Å². The number of esters is 1. The molecule has 0 heterocycles. The molecule has 0 saturated heterocycles. The molecule has 1 atom stereocenters. The van der Waals surface area contributed by atoms with Crippen molar-refractivity contribution in [2.24, 2.45) is 0 Å². The van der Waals surface area contributed by atoms with Crippen molar-refractivity contribution in [3.8, 4) is 0 Å². The molecule has 2 N–H and O–H groups in total. The minimum absolute atomic E-state index is 0.0926. The van der Waals surface area contributed by atoms with E-state index in [1.54, 1.807) is 6.92 Å². The van der Waals surface area contributed by atoms with Crippen LogP contribution in [0, 0.1) is 0 Å². The number of fused-ring (bicyclic) bond motifs is 1. The normalized spacial score (nSPS) is 12.9. The first-order valence-electron chi connectivity index (χ1n) is 10.2. The number of nitrogens with one attached hydrogen (secondary N) is 2. The number of rotatable bonds is 9. The van der Waals surface area contributed by atoms with Crippen LogP contribution in [0.15, 0.2) is 60.7 Å². The first kappa shape index (κ1) is 22.1. The molecule has 0 bridgehead atoms. The molecule has 0 saturated carbocycles. The second kappa shape index (κ2) is 11.0. The molecule has 2 amide bonds. The van der Waals surface area contributed by atoms with Gasteiger partial charge in [-0.1, -0.05) is 60.7 Å². The Morgan fingerprint density at radius 1 is 1.00 bits per heavy atom. The lowest BCUT2D eigenvalue weighted by Crippen LogP contribution is -2.48. The molecule has 3 rings (SSSR count). The third-order valence-electron chi connectivity index (χ3n) is 4.89. The monoisotopic (exact) mass is 422 g/mol. The molecule has 7 heteroatoms. The second-order valence-corrected chi connectivity index (χ2v) is 7.08. The predicted octanol–water partition coefficient (Wildman–Crippen LogP) is 2.99. The van der Waals surface area contributed by atoms with Gasteiger partial charge in [-0.2, -0.15) is 0 Å². The van der Waals surface area contributed by atoms with Crippen LogP contribution in [-0.4, -0.2) is 37.2 Å². The molecule has 1 aliphatic carbocycles. The zero-order chi connectivity index (χ0) is 22.1. The third kappa shape index (κ3) is 6.44. The van der Waals surface area contributed by atoms with Crippen LogP contribution in [0.2, 0.25) is 0 Å². The molecule has 31 heavy (non-hydrogen) atoms. The van der Waals surface area contributed by atoms with Crippen molar-refractivity contribution in [1.82, 2.24) is 10.6 Å². The van der Waals surface area contributed by atoms with E-state index in [0.29, 0.717) is 0 Å². The molecule has 0 aliphatic heterocycles. The number of allylic oxidation sites excluding steroid dienone is 1. The number of carbonyl (C=O) groups excluding carboxylic acids is 3. The summed E-state index contributed by atoms with van der Waals surface area (Å²) in [7, 11) is 0. The molecule has 0 unspecified atom stereocenters. The van der Waals surface area contributed by atoms with E-state index in [4.69, 9.17) is 9.47 Å². The van der Waals surface area contributed by atoms with Crippen molar-refractivity contribution in [2.75, 3.05) is 13.2 Å². The van der Waals surface area contributed by atoms with Crippen molar-refractivity contribution in [3.63, 3.8) is 0 Å². The summed E-state index contributed by atoms with van der Waals surface area (Å²) < 4.78 is 10.1. The highest BCUT2D eigenvalue weighted by Gasteiger charge is 2.26. The summed E-state index contributed by atoms with van der Waals surface area (Å²) in [6, 6.07) is 16.3. The minimum Gasteiger partial charge on any atom is -0.465 e. The number of ether oxygens (including phenoxy) is 2. The first-order chi connectivity index (χ1) is 15.1. The molecule has 7 nitrogen and oxygen atoms in total. The predicted molar refractivity (Wildman–Crippen MR) is 116 cm³/mol. The van der Waals surface area contributed by atoms with E-state index in [1.165, 1.54) is 5.56 Å². The topological polar surface area (TPSA) is 93.7 Å². The Morgan fingerprint density at radius 3 is 2.52 bits per heavy atom. The Morgan fingerprint density at radius 2 is 1.74 bits per heavy atom. The van der Waals surface area contributed by atoms with Crippen LogP contribution in [0.5, 0.6) is 0 Å². The molecule has 0 aromatic heterocycles. The van der Waals surface area contributed by atoms with Crippen molar-refractivity contribution < 1.29 is 23.9 Å². The summed E-state index contributed by atoms with van der Waals surface area (Å²) in [5.74, 6) is -1.01. The molecule has 1 aliphatic rings. The van der Waals surface area contributed by atoms with Gasteiger partial charge in [0.25, 0.3) is 0 Å². The van der Waals surface area contributed by atoms with Crippen LogP contribution in [0.25, 0.3) is 5.57 Å². The highest BCUT2D eigenvalue weighted by Crippen LogP contribution is 2.30. The van der Waals surface area contributed by atoms with E-state index >= 15 is 0 Å². The zero-order valence-electron chi connectivity index (χ0n) is 17.4. The number of hydrogen-bond donors (Lipinski definition) is 2. The van der Waals surface area contributed by atoms with Crippen LogP contribution in [0.4, 0.5) is 4.79 Å². The molecule has 0 spiro atoms. The van der Waals surface area contributed by atoms with Gasteiger partial charge in [-0.25, -0.2) is 4.79 Å². The highest BCUT2D eigenvalue weighted by molar-refractivity contribution is 5.90. The lowest BCUT2D eigenvalue weighted by molar-refractivity contribution is -0.143. The molecule has 0 fully saturated rings. The summed E-state index contributed by atoms with van der Waals surface area (Å²) in [5, 5.41) is 5.17. The Balaban J connectivity index is 1.64. The molecular weight excluding hydrogens is 396 g/mol. The maximum atomic E-state index is 12.7. The fourth-order valence-corrected chi connectivity index (χ4v) is 3.38. The summed E-state index contributed by atoms with van der Waals surface area (Å²) >= 11 is 0. The number of alkyl carbamates (subject to hydrolysis) is 1. The van der Waals surface area contributed by atoms with Crippen LogP contribution >= 0.6 is 0 Å². The zero-order valence-corrected chi connectivity index (χ0v) is 17.4. The molecular formula is C24H26N2O5.